The van der Waals surface area contributed by atoms with Crippen molar-refractivity contribution in [3.05, 3.63) is 24.3 Å². The zero-order valence-corrected chi connectivity index (χ0v) is 8.99. The summed E-state index contributed by atoms with van der Waals surface area (Å²) >= 11 is 0. The maximum absolute atomic E-state index is 11.3. The van der Waals surface area contributed by atoms with Crippen molar-refractivity contribution in [1.82, 2.24) is 5.32 Å². The molecule has 0 heterocycles. The van der Waals surface area contributed by atoms with Crippen molar-refractivity contribution < 1.29 is 4.79 Å². The Kier molecular flexibility index (Phi) is 7.84. The highest BCUT2D eigenvalue weighted by Gasteiger charge is 2.06. The first kappa shape index (κ1) is 12.9. The van der Waals surface area contributed by atoms with E-state index in [1.54, 1.807) is 6.08 Å². The smallest absolute Gasteiger partial charge is 0.244 e. The number of allylic oxidation sites excluding steroid dienone is 3. The number of carbonyl (C=O) groups is 1. The number of hydrogen-bond donors (Lipinski definition) is 2. The Morgan fingerprint density at radius 3 is 2.71 bits per heavy atom. The Morgan fingerprint density at radius 1 is 1.50 bits per heavy atom. The summed E-state index contributed by atoms with van der Waals surface area (Å²) in [6.07, 6.45) is 8.88. The van der Waals surface area contributed by atoms with E-state index in [0.717, 1.165) is 12.8 Å². The quantitative estimate of drug-likeness (QED) is 0.498. The van der Waals surface area contributed by atoms with Gasteiger partial charge < -0.3 is 11.1 Å². The van der Waals surface area contributed by atoms with Crippen LogP contribution in [-0.4, -0.2) is 18.5 Å². The van der Waals surface area contributed by atoms with E-state index in [1.165, 1.54) is 6.08 Å². The van der Waals surface area contributed by atoms with Gasteiger partial charge in [0.1, 0.15) is 0 Å². The van der Waals surface area contributed by atoms with Gasteiger partial charge in [-0.1, -0.05) is 31.6 Å². The van der Waals surface area contributed by atoms with Gasteiger partial charge in [-0.3, -0.25) is 4.79 Å². The molecule has 1 atom stereocenters. The molecule has 3 nitrogen and oxygen atoms in total. The van der Waals surface area contributed by atoms with Gasteiger partial charge in [0, 0.05) is 18.7 Å². The monoisotopic (exact) mass is 196 g/mol. The second-order valence-corrected chi connectivity index (χ2v) is 3.11. The minimum atomic E-state index is -0.0769. The molecule has 0 spiro atoms. The van der Waals surface area contributed by atoms with Crippen molar-refractivity contribution in [3.63, 3.8) is 0 Å². The van der Waals surface area contributed by atoms with Crippen molar-refractivity contribution in [2.45, 2.75) is 32.7 Å². The maximum atomic E-state index is 11.3. The zero-order valence-electron chi connectivity index (χ0n) is 8.99. The average molecular weight is 196 g/mol. The Morgan fingerprint density at radius 2 is 2.21 bits per heavy atom. The molecule has 0 saturated carbocycles. The molecule has 0 bridgehead atoms. The van der Waals surface area contributed by atoms with Crippen molar-refractivity contribution in [1.29, 1.82) is 0 Å². The molecule has 0 radical (unpaired) electrons. The van der Waals surface area contributed by atoms with Crippen LogP contribution in [0.15, 0.2) is 24.3 Å². The topological polar surface area (TPSA) is 55.1 Å². The van der Waals surface area contributed by atoms with Crippen LogP contribution in [0.5, 0.6) is 0 Å². The van der Waals surface area contributed by atoms with E-state index in [4.69, 9.17) is 5.73 Å². The molecule has 14 heavy (non-hydrogen) atoms. The molecular weight excluding hydrogens is 176 g/mol. The highest BCUT2D eigenvalue weighted by Crippen LogP contribution is 1.94. The second kappa shape index (κ2) is 8.51. The molecule has 0 aromatic heterocycles. The fraction of sp³-hybridized carbons (Fsp3) is 0.545. The van der Waals surface area contributed by atoms with Crippen LogP contribution in [0.4, 0.5) is 0 Å². The maximum Gasteiger partial charge on any atom is 0.244 e. The van der Waals surface area contributed by atoms with Gasteiger partial charge in [0.2, 0.25) is 5.91 Å². The molecule has 0 aliphatic carbocycles. The summed E-state index contributed by atoms with van der Waals surface area (Å²) < 4.78 is 0. The number of nitrogens with two attached hydrogens (primary N) is 1. The van der Waals surface area contributed by atoms with Crippen LogP contribution in [-0.2, 0) is 4.79 Å². The van der Waals surface area contributed by atoms with Gasteiger partial charge in [-0.2, -0.15) is 0 Å². The molecule has 1 amide bonds. The van der Waals surface area contributed by atoms with Crippen LogP contribution in [0.3, 0.4) is 0 Å². The van der Waals surface area contributed by atoms with E-state index < -0.39 is 0 Å². The first-order valence-electron chi connectivity index (χ1n) is 5.04. The first-order chi connectivity index (χ1) is 6.74. The summed E-state index contributed by atoms with van der Waals surface area (Å²) in [6.45, 7) is 4.48. The number of carbonyl (C=O) groups excluding carboxylic acids is 1. The molecular formula is C11H20N2O. The highest BCUT2D eigenvalue weighted by molar-refractivity contribution is 5.87. The van der Waals surface area contributed by atoms with Gasteiger partial charge >= 0.3 is 0 Å². The van der Waals surface area contributed by atoms with E-state index in [0.29, 0.717) is 6.54 Å². The number of hydrogen-bond acceptors (Lipinski definition) is 2. The Balaban J connectivity index is 3.89. The van der Waals surface area contributed by atoms with Crippen molar-refractivity contribution in [3.8, 4) is 0 Å². The predicted molar refractivity (Wildman–Crippen MR) is 59.8 cm³/mol. The van der Waals surface area contributed by atoms with E-state index >= 15 is 0 Å². The van der Waals surface area contributed by atoms with Crippen molar-refractivity contribution in [2.75, 3.05) is 6.54 Å². The normalized spacial score (nSPS) is 13.6. The zero-order chi connectivity index (χ0) is 10.8. The first-order valence-corrected chi connectivity index (χ1v) is 5.04. The summed E-state index contributed by atoms with van der Waals surface area (Å²) in [5, 5.41) is 2.84. The third kappa shape index (κ3) is 6.43. The Bertz CT molecular complexity index is 209. The lowest BCUT2D eigenvalue weighted by Crippen LogP contribution is -2.39. The van der Waals surface area contributed by atoms with Crippen LogP contribution in [0.25, 0.3) is 0 Å². The summed E-state index contributed by atoms with van der Waals surface area (Å²) in [5.74, 6) is -0.0769. The number of nitrogens with one attached hydrogen (secondary N) is 1. The van der Waals surface area contributed by atoms with E-state index in [-0.39, 0.29) is 11.9 Å². The fourth-order valence-electron chi connectivity index (χ4n) is 1.10. The number of rotatable bonds is 6. The standard InChI is InChI=1S/C11H20N2O/c1-3-5-6-8-11(14)13-10(9-12)7-4-2/h3,5-6,8,10H,4,7,9,12H2,1-2H3,(H,13,14). The van der Waals surface area contributed by atoms with E-state index in [2.05, 4.69) is 12.2 Å². The Hall–Kier alpha value is -1.09. The lowest BCUT2D eigenvalue weighted by atomic mass is 10.1. The molecule has 0 rings (SSSR count). The van der Waals surface area contributed by atoms with Crippen LogP contribution in [0, 0.1) is 0 Å². The molecule has 0 aromatic rings. The molecule has 3 heteroatoms. The third-order valence-electron chi connectivity index (χ3n) is 1.82. The highest BCUT2D eigenvalue weighted by atomic mass is 16.1. The SMILES string of the molecule is CC=CC=CC(=O)NC(CN)CCC. The van der Waals surface area contributed by atoms with Gasteiger partial charge in [0.05, 0.1) is 0 Å². The minimum Gasteiger partial charge on any atom is -0.349 e. The van der Waals surface area contributed by atoms with Crippen LogP contribution in [0.2, 0.25) is 0 Å². The minimum absolute atomic E-state index is 0.0769. The molecule has 1 unspecified atom stereocenters. The molecule has 80 valence electrons. The van der Waals surface area contributed by atoms with Gasteiger partial charge in [-0.25, -0.2) is 0 Å². The summed E-state index contributed by atoms with van der Waals surface area (Å²) in [4.78, 5) is 11.3. The van der Waals surface area contributed by atoms with Gasteiger partial charge in [-0.05, 0) is 13.3 Å². The molecule has 0 aromatic carbocycles. The predicted octanol–water partition coefficient (Wildman–Crippen LogP) is 1.36. The van der Waals surface area contributed by atoms with Gasteiger partial charge in [0.25, 0.3) is 0 Å². The second-order valence-electron chi connectivity index (χ2n) is 3.11. The van der Waals surface area contributed by atoms with E-state index in [1.807, 2.05) is 19.1 Å². The van der Waals surface area contributed by atoms with E-state index in [9.17, 15) is 4.79 Å². The van der Waals surface area contributed by atoms with Crippen LogP contribution >= 0.6 is 0 Å². The molecule has 0 aliphatic heterocycles. The number of amides is 1. The molecule has 0 fully saturated rings. The van der Waals surface area contributed by atoms with Gasteiger partial charge in [-0.15, -0.1) is 0 Å². The third-order valence-corrected chi connectivity index (χ3v) is 1.82. The van der Waals surface area contributed by atoms with Crippen LogP contribution < -0.4 is 11.1 Å². The van der Waals surface area contributed by atoms with Crippen molar-refractivity contribution >= 4 is 5.91 Å². The molecule has 3 N–H and O–H groups in total. The molecule has 0 saturated heterocycles. The lowest BCUT2D eigenvalue weighted by Gasteiger charge is -2.13. The average Bonchev–Trinajstić information content (AvgIpc) is 2.17. The van der Waals surface area contributed by atoms with Gasteiger partial charge in [0.15, 0.2) is 0 Å². The Labute approximate surface area is 86.1 Å². The summed E-state index contributed by atoms with van der Waals surface area (Å²) in [7, 11) is 0. The molecule has 0 aliphatic rings. The summed E-state index contributed by atoms with van der Waals surface area (Å²) in [6, 6.07) is 0.0998. The fourth-order valence-corrected chi connectivity index (χ4v) is 1.10. The van der Waals surface area contributed by atoms with Crippen LogP contribution in [0.1, 0.15) is 26.7 Å². The summed E-state index contributed by atoms with van der Waals surface area (Å²) in [5.41, 5.74) is 5.51. The van der Waals surface area contributed by atoms with Crippen molar-refractivity contribution in [2.24, 2.45) is 5.73 Å². The largest absolute Gasteiger partial charge is 0.349 e. The lowest BCUT2D eigenvalue weighted by molar-refractivity contribution is -0.117.